The van der Waals surface area contributed by atoms with Crippen LogP contribution in [0.25, 0.3) is 11.3 Å². The summed E-state index contributed by atoms with van der Waals surface area (Å²) in [7, 11) is 0. The van der Waals surface area contributed by atoms with Crippen LogP contribution in [0.1, 0.15) is 17.3 Å². The summed E-state index contributed by atoms with van der Waals surface area (Å²) in [5.41, 5.74) is 2.09. The Kier molecular flexibility index (Phi) is 5.15. The van der Waals surface area contributed by atoms with Crippen LogP contribution in [0.15, 0.2) is 40.1 Å². The van der Waals surface area contributed by atoms with Crippen LogP contribution in [0.3, 0.4) is 0 Å². The van der Waals surface area contributed by atoms with Gasteiger partial charge >= 0.3 is 6.01 Å². The zero-order chi connectivity index (χ0) is 18.6. The molecular weight excluding hydrogens is 362 g/mol. The lowest BCUT2D eigenvalue weighted by atomic mass is 10.2. The van der Waals surface area contributed by atoms with Gasteiger partial charge in [0.1, 0.15) is 0 Å². The van der Waals surface area contributed by atoms with Crippen molar-refractivity contribution in [3.63, 3.8) is 0 Å². The van der Waals surface area contributed by atoms with Crippen LogP contribution < -0.4 is 4.90 Å². The second-order valence-electron chi connectivity index (χ2n) is 6.46. The molecule has 3 aromatic rings. The van der Waals surface area contributed by atoms with E-state index in [0.29, 0.717) is 50.9 Å². The fourth-order valence-corrected chi connectivity index (χ4v) is 3.91. The number of nitrogens with zero attached hydrogens (tertiary/aromatic N) is 5. The number of anilines is 1. The lowest BCUT2D eigenvalue weighted by molar-refractivity contribution is -0.131. The van der Waals surface area contributed by atoms with Gasteiger partial charge in [0.2, 0.25) is 11.8 Å². The monoisotopic (exact) mass is 383 g/mol. The van der Waals surface area contributed by atoms with Crippen LogP contribution in [-0.4, -0.2) is 52.2 Å². The van der Waals surface area contributed by atoms with Crippen molar-refractivity contribution in [1.82, 2.24) is 20.1 Å². The number of aryl methyl sites for hydroxylation is 2. The highest BCUT2D eigenvalue weighted by Crippen LogP contribution is 2.22. The molecule has 1 fully saturated rings. The van der Waals surface area contributed by atoms with Crippen LogP contribution in [0.2, 0.25) is 0 Å². The number of rotatable bonds is 5. The average molecular weight is 383 g/mol. The fraction of sp³-hybridized carbons (Fsp3) is 0.368. The molecule has 4 rings (SSSR count). The van der Waals surface area contributed by atoms with Crippen molar-refractivity contribution in [1.29, 1.82) is 0 Å². The molecule has 7 nitrogen and oxygen atoms in total. The molecule has 0 bridgehead atoms. The third-order valence-electron chi connectivity index (χ3n) is 4.59. The zero-order valence-electron chi connectivity index (χ0n) is 15.2. The normalized spacial score (nSPS) is 14.6. The van der Waals surface area contributed by atoms with E-state index in [1.54, 1.807) is 18.3 Å². The molecule has 0 aliphatic carbocycles. The van der Waals surface area contributed by atoms with Gasteiger partial charge in [0.05, 0.1) is 10.7 Å². The summed E-state index contributed by atoms with van der Waals surface area (Å²) in [5, 5.41) is 11.0. The molecule has 0 spiro atoms. The first-order chi connectivity index (χ1) is 13.2. The van der Waals surface area contributed by atoms with E-state index in [1.807, 2.05) is 40.1 Å². The number of benzene rings is 1. The van der Waals surface area contributed by atoms with Gasteiger partial charge < -0.3 is 14.2 Å². The topological polar surface area (TPSA) is 75.4 Å². The number of hydrogen-bond acceptors (Lipinski definition) is 7. The highest BCUT2D eigenvalue weighted by atomic mass is 32.1. The number of carbonyl (C=O) groups is 1. The second kappa shape index (κ2) is 7.87. The van der Waals surface area contributed by atoms with Gasteiger partial charge in [-0.15, -0.1) is 16.4 Å². The maximum absolute atomic E-state index is 12.5. The number of carbonyl (C=O) groups excluding carboxylic acids is 1. The summed E-state index contributed by atoms with van der Waals surface area (Å²) in [6.07, 6.45) is 1.17. The van der Waals surface area contributed by atoms with E-state index >= 15 is 0 Å². The lowest BCUT2D eigenvalue weighted by Gasteiger charge is -2.33. The molecule has 0 saturated carbocycles. The second-order valence-corrected chi connectivity index (χ2v) is 7.41. The van der Waals surface area contributed by atoms with Gasteiger partial charge in [-0.3, -0.25) is 4.79 Å². The Balaban J connectivity index is 1.27. The summed E-state index contributed by atoms with van der Waals surface area (Å²) < 4.78 is 5.46. The van der Waals surface area contributed by atoms with Gasteiger partial charge in [-0.2, -0.15) is 0 Å². The number of hydrogen-bond donors (Lipinski definition) is 0. The predicted molar refractivity (Wildman–Crippen MR) is 104 cm³/mol. The molecule has 1 saturated heterocycles. The van der Waals surface area contributed by atoms with Crippen LogP contribution in [0.4, 0.5) is 6.01 Å². The molecule has 2 aromatic heterocycles. The third kappa shape index (κ3) is 4.16. The van der Waals surface area contributed by atoms with Gasteiger partial charge in [-0.25, -0.2) is 4.98 Å². The predicted octanol–water partition coefficient (Wildman–Crippen LogP) is 2.78. The van der Waals surface area contributed by atoms with E-state index in [1.165, 1.54) is 0 Å². The molecular formula is C19H21N5O2S. The molecule has 3 heterocycles. The van der Waals surface area contributed by atoms with E-state index in [-0.39, 0.29) is 5.91 Å². The average Bonchev–Trinajstić information content (AvgIpc) is 3.36. The van der Waals surface area contributed by atoms with Gasteiger partial charge in [0.25, 0.3) is 0 Å². The summed E-state index contributed by atoms with van der Waals surface area (Å²) in [4.78, 5) is 21.1. The van der Waals surface area contributed by atoms with E-state index in [9.17, 15) is 4.79 Å². The number of piperazine rings is 1. The Bertz CT molecular complexity index is 900. The van der Waals surface area contributed by atoms with Crippen LogP contribution in [0.5, 0.6) is 0 Å². The summed E-state index contributed by atoms with van der Waals surface area (Å²) >= 11 is 1.62. The zero-order valence-corrected chi connectivity index (χ0v) is 16.0. The Hall–Kier alpha value is -2.74. The van der Waals surface area contributed by atoms with E-state index < -0.39 is 0 Å². The van der Waals surface area contributed by atoms with Crippen LogP contribution >= 0.6 is 11.3 Å². The molecule has 8 heteroatoms. The van der Waals surface area contributed by atoms with Gasteiger partial charge in [-0.1, -0.05) is 35.4 Å². The lowest BCUT2D eigenvalue weighted by Crippen LogP contribution is -2.49. The van der Waals surface area contributed by atoms with E-state index in [4.69, 9.17) is 4.42 Å². The maximum atomic E-state index is 12.5. The van der Waals surface area contributed by atoms with Crippen LogP contribution in [0, 0.1) is 6.92 Å². The smallest absolute Gasteiger partial charge is 0.318 e. The molecule has 1 aliphatic rings. The molecule has 0 N–H and O–H groups in total. The molecule has 27 heavy (non-hydrogen) atoms. The van der Waals surface area contributed by atoms with Crippen molar-refractivity contribution in [2.45, 2.75) is 19.8 Å². The molecule has 140 valence electrons. The Morgan fingerprint density at radius 3 is 2.63 bits per heavy atom. The van der Waals surface area contributed by atoms with E-state index in [0.717, 1.165) is 16.3 Å². The molecule has 1 aliphatic heterocycles. The molecule has 0 atom stereocenters. The van der Waals surface area contributed by atoms with E-state index in [2.05, 4.69) is 20.6 Å². The fourth-order valence-electron chi connectivity index (χ4n) is 3.10. The number of amides is 1. The van der Waals surface area contributed by atoms with Crippen molar-refractivity contribution in [3.05, 3.63) is 46.6 Å². The van der Waals surface area contributed by atoms with Crippen molar-refractivity contribution in [3.8, 4) is 11.3 Å². The largest absolute Gasteiger partial charge is 0.408 e. The van der Waals surface area contributed by atoms with Gasteiger partial charge in [0, 0.05) is 56.9 Å². The van der Waals surface area contributed by atoms with Gasteiger partial charge in [-0.05, 0) is 0 Å². The Morgan fingerprint density at radius 1 is 1.15 bits per heavy atom. The minimum absolute atomic E-state index is 0.174. The number of aromatic nitrogens is 3. The highest BCUT2D eigenvalue weighted by Gasteiger charge is 2.24. The summed E-state index contributed by atoms with van der Waals surface area (Å²) in [5.74, 6) is 0.731. The Morgan fingerprint density at radius 2 is 1.93 bits per heavy atom. The molecule has 0 unspecified atom stereocenters. The van der Waals surface area contributed by atoms with Crippen molar-refractivity contribution in [2.24, 2.45) is 0 Å². The first-order valence-electron chi connectivity index (χ1n) is 9.02. The maximum Gasteiger partial charge on any atom is 0.318 e. The Labute approximate surface area is 161 Å². The minimum Gasteiger partial charge on any atom is -0.408 e. The minimum atomic E-state index is 0.174. The highest BCUT2D eigenvalue weighted by molar-refractivity contribution is 7.09. The molecule has 0 radical (unpaired) electrons. The molecule has 1 amide bonds. The third-order valence-corrected chi connectivity index (χ3v) is 5.50. The summed E-state index contributed by atoms with van der Waals surface area (Å²) in [6.45, 7) is 4.55. The van der Waals surface area contributed by atoms with Gasteiger partial charge in [0.15, 0.2) is 0 Å². The standard InChI is InChI=1S/C19H21N5O2S/c1-14-21-22-19(26-14)24-11-9-23(10-12-24)18(25)8-7-17-20-16(13-27-17)15-5-3-2-4-6-15/h2-6,13H,7-12H2,1H3. The SMILES string of the molecule is Cc1nnc(N2CCN(C(=O)CCc3nc(-c4ccccc4)cs3)CC2)o1. The van der Waals surface area contributed by atoms with Crippen molar-refractivity contribution < 1.29 is 9.21 Å². The first kappa shape index (κ1) is 17.7. The molecule has 1 aromatic carbocycles. The van der Waals surface area contributed by atoms with Crippen molar-refractivity contribution >= 4 is 23.3 Å². The summed E-state index contributed by atoms with van der Waals surface area (Å²) in [6, 6.07) is 10.6. The number of thiazole rings is 1. The first-order valence-corrected chi connectivity index (χ1v) is 9.89. The van der Waals surface area contributed by atoms with Crippen molar-refractivity contribution in [2.75, 3.05) is 31.1 Å². The quantitative estimate of drug-likeness (QED) is 0.674. The van der Waals surface area contributed by atoms with Crippen LogP contribution in [-0.2, 0) is 11.2 Å².